The zero-order valence-corrected chi connectivity index (χ0v) is 15.7. The molecule has 0 atom stereocenters. The first kappa shape index (κ1) is 23.5. The van der Waals surface area contributed by atoms with Gasteiger partial charge in [0.2, 0.25) is 69.7 Å². The molecule has 3 aromatic rings. The van der Waals surface area contributed by atoms with Crippen LogP contribution in [0.1, 0.15) is 0 Å². The van der Waals surface area contributed by atoms with Crippen LogP contribution in [0.3, 0.4) is 0 Å². The highest BCUT2D eigenvalue weighted by atomic mass is 31.2. The van der Waals surface area contributed by atoms with Crippen molar-refractivity contribution in [2.75, 3.05) is 0 Å². The van der Waals surface area contributed by atoms with Crippen LogP contribution in [0.2, 0.25) is 0 Å². The van der Waals surface area contributed by atoms with E-state index in [2.05, 4.69) is 9.05 Å². The van der Waals surface area contributed by atoms with Gasteiger partial charge in [-0.15, -0.1) is 0 Å². The third kappa shape index (κ3) is 4.24. The average Bonchev–Trinajstić information content (AvgIpc) is 2.79. The third-order valence-corrected chi connectivity index (χ3v) is 4.62. The fourth-order valence-corrected chi connectivity index (χ4v) is 3.13. The predicted octanol–water partition coefficient (Wildman–Crippen LogP) is 6.84. The lowest BCUT2D eigenvalue weighted by Gasteiger charge is -2.19. The lowest BCUT2D eigenvalue weighted by Crippen LogP contribution is -2.11. The standard InChI is InChI=1S/C18H5F10O3P/c19-7-9(21)13(25)17(14(26)10(7)22)30-32(29-6-4-2-1-3-5-6)31-18-15(27)11(23)8(20)12(24)16(18)28/h1-5H. The summed E-state index contributed by atoms with van der Waals surface area (Å²) in [5.74, 6) is -29.1. The van der Waals surface area contributed by atoms with E-state index in [0.717, 1.165) is 12.1 Å². The Morgan fingerprint density at radius 1 is 0.406 bits per heavy atom. The van der Waals surface area contributed by atoms with Crippen molar-refractivity contribution in [3.63, 3.8) is 0 Å². The van der Waals surface area contributed by atoms with Gasteiger partial charge in [0.15, 0.2) is 0 Å². The molecule has 0 amide bonds. The average molecular weight is 490 g/mol. The molecule has 3 rings (SSSR count). The van der Waals surface area contributed by atoms with E-state index in [-0.39, 0.29) is 5.75 Å². The van der Waals surface area contributed by atoms with Gasteiger partial charge in [0.05, 0.1) is 0 Å². The van der Waals surface area contributed by atoms with Crippen LogP contribution in [0.5, 0.6) is 17.2 Å². The third-order valence-electron chi connectivity index (χ3n) is 3.59. The minimum absolute atomic E-state index is 0.286. The molecule has 3 nitrogen and oxygen atoms in total. The molecule has 0 saturated carbocycles. The quantitative estimate of drug-likeness (QED) is 0.164. The second kappa shape index (κ2) is 9.11. The summed E-state index contributed by atoms with van der Waals surface area (Å²) in [5.41, 5.74) is 0. The van der Waals surface area contributed by atoms with Crippen LogP contribution in [0, 0.1) is 58.2 Å². The number of hydrogen-bond donors (Lipinski definition) is 0. The first-order valence-corrected chi connectivity index (χ1v) is 9.06. The van der Waals surface area contributed by atoms with Crippen molar-refractivity contribution in [2.45, 2.75) is 0 Å². The number of benzene rings is 3. The normalized spacial score (nSPS) is 11.1. The number of rotatable bonds is 6. The van der Waals surface area contributed by atoms with E-state index in [1.807, 2.05) is 0 Å². The first-order valence-electron chi connectivity index (χ1n) is 7.96. The van der Waals surface area contributed by atoms with Crippen LogP contribution >= 0.6 is 8.60 Å². The van der Waals surface area contributed by atoms with Gasteiger partial charge in [0.25, 0.3) is 0 Å². The Morgan fingerprint density at radius 3 is 1.06 bits per heavy atom. The van der Waals surface area contributed by atoms with Crippen molar-refractivity contribution >= 4 is 8.60 Å². The summed E-state index contributed by atoms with van der Waals surface area (Å²) in [6.45, 7) is 0. The summed E-state index contributed by atoms with van der Waals surface area (Å²) in [6, 6.07) is 6.36. The highest BCUT2D eigenvalue weighted by Crippen LogP contribution is 2.46. The van der Waals surface area contributed by atoms with E-state index in [4.69, 9.17) is 4.52 Å². The zero-order chi connectivity index (χ0) is 23.7. The molecule has 0 heterocycles. The van der Waals surface area contributed by atoms with Crippen molar-refractivity contribution in [3.05, 3.63) is 88.5 Å². The van der Waals surface area contributed by atoms with E-state index in [9.17, 15) is 43.9 Å². The summed E-state index contributed by atoms with van der Waals surface area (Å²) in [5, 5.41) is 0. The Hall–Kier alpha value is -3.21. The van der Waals surface area contributed by atoms with Crippen LogP contribution in [0.4, 0.5) is 43.9 Å². The fourth-order valence-electron chi connectivity index (χ4n) is 2.10. The van der Waals surface area contributed by atoms with Gasteiger partial charge >= 0.3 is 8.60 Å². The predicted molar refractivity (Wildman–Crippen MR) is 87.7 cm³/mol. The molecule has 0 aliphatic rings. The molecule has 3 aromatic carbocycles. The second-order valence-corrected chi connectivity index (χ2v) is 6.60. The van der Waals surface area contributed by atoms with Gasteiger partial charge in [-0.05, 0) is 12.1 Å². The van der Waals surface area contributed by atoms with E-state index in [1.54, 1.807) is 0 Å². The van der Waals surface area contributed by atoms with Crippen LogP contribution in [-0.2, 0) is 0 Å². The molecule has 14 heteroatoms. The molecule has 32 heavy (non-hydrogen) atoms. The van der Waals surface area contributed by atoms with E-state index in [0.29, 0.717) is 0 Å². The largest absolute Gasteiger partial charge is 0.530 e. The molecule has 0 bridgehead atoms. The molecule has 0 N–H and O–H groups in total. The van der Waals surface area contributed by atoms with Crippen LogP contribution in [0.15, 0.2) is 30.3 Å². The maximum atomic E-state index is 13.9. The molecule has 0 aliphatic carbocycles. The molecule has 0 unspecified atom stereocenters. The van der Waals surface area contributed by atoms with Gasteiger partial charge < -0.3 is 13.6 Å². The molecule has 0 fully saturated rings. The van der Waals surface area contributed by atoms with Gasteiger partial charge in [-0.2, -0.15) is 17.6 Å². The maximum absolute atomic E-state index is 13.9. The molecular formula is C18H5F10O3P. The van der Waals surface area contributed by atoms with Gasteiger partial charge in [-0.1, -0.05) is 18.2 Å². The summed E-state index contributed by atoms with van der Waals surface area (Å²) in [7, 11) is -3.59. The Morgan fingerprint density at radius 2 is 0.719 bits per heavy atom. The molecule has 0 saturated heterocycles. The van der Waals surface area contributed by atoms with Crippen molar-refractivity contribution < 1.29 is 57.5 Å². The highest BCUT2D eigenvalue weighted by Gasteiger charge is 2.35. The monoisotopic (exact) mass is 490 g/mol. The van der Waals surface area contributed by atoms with E-state index >= 15 is 0 Å². The zero-order valence-electron chi connectivity index (χ0n) is 14.8. The number of para-hydroxylation sites is 1. The lowest BCUT2D eigenvalue weighted by molar-refractivity contribution is 0.307. The molecule has 0 aromatic heterocycles. The minimum Gasteiger partial charge on any atom is -0.409 e. The molecule has 0 radical (unpaired) electrons. The molecule has 170 valence electrons. The molecular weight excluding hydrogens is 485 g/mol. The topological polar surface area (TPSA) is 27.7 Å². The Balaban J connectivity index is 2.08. The second-order valence-electron chi connectivity index (χ2n) is 5.61. The summed E-state index contributed by atoms with van der Waals surface area (Å²) in [6.07, 6.45) is 0. The summed E-state index contributed by atoms with van der Waals surface area (Å²) >= 11 is 0. The van der Waals surface area contributed by atoms with E-state index < -0.39 is 78.3 Å². The summed E-state index contributed by atoms with van der Waals surface area (Å²) < 4.78 is 150. The van der Waals surface area contributed by atoms with Crippen molar-refractivity contribution in [3.8, 4) is 17.2 Å². The number of halogens is 10. The first-order chi connectivity index (χ1) is 15.0. The van der Waals surface area contributed by atoms with Crippen LogP contribution in [-0.4, -0.2) is 0 Å². The van der Waals surface area contributed by atoms with Crippen molar-refractivity contribution in [1.29, 1.82) is 0 Å². The Kier molecular flexibility index (Phi) is 6.68. The molecule has 0 spiro atoms. The van der Waals surface area contributed by atoms with Gasteiger partial charge in [0, 0.05) is 0 Å². The summed E-state index contributed by atoms with van der Waals surface area (Å²) in [4.78, 5) is 0. The molecule has 0 aliphatic heterocycles. The van der Waals surface area contributed by atoms with Crippen LogP contribution < -0.4 is 13.6 Å². The highest BCUT2D eigenvalue weighted by molar-refractivity contribution is 7.43. The van der Waals surface area contributed by atoms with Crippen molar-refractivity contribution in [1.82, 2.24) is 0 Å². The van der Waals surface area contributed by atoms with Gasteiger partial charge in [-0.25, -0.2) is 26.3 Å². The number of hydrogen-bond acceptors (Lipinski definition) is 3. The fraction of sp³-hybridized carbons (Fsp3) is 0. The van der Waals surface area contributed by atoms with E-state index in [1.165, 1.54) is 18.2 Å². The Bertz CT molecular complexity index is 1050. The van der Waals surface area contributed by atoms with Crippen LogP contribution in [0.25, 0.3) is 0 Å². The minimum atomic E-state index is -3.59. The Labute approximate surface area is 172 Å². The van der Waals surface area contributed by atoms with Gasteiger partial charge in [0.1, 0.15) is 5.75 Å². The maximum Gasteiger partial charge on any atom is 0.530 e. The SMILES string of the molecule is Fc1c(F)c(F)c(OP(Oc2ccccc2)Oc2c(F)c(F)c(F)c(F)c2F)c(F)c1F. The van der Waals surface area contributed by atoms with Crippen molar-refractivity contribution in [2.24, 2.45) is 0 Å². The smallest absolute Gasteiger partial charge is 0.409 e. The lowest BCUT2D eigenvalue weighted by atomic mass is 10.3. The van der Waals surface area contributed by atoms with Gasteiger partial charge in [-0.3, -0.25) is 0 Å².